The summed E-state index contributed by atoms with van der Waals surface area (Å²) in [5, 5.41) is 12.8. The zero-order valence-electron chi connectivity index (χ0n) is 16.2. The zero-order valence-corrected chi connectivity index (χ0v) is 16.2. The van der Waals surface area contributed by atoms with Gasteiger partial charge in [-0.25, -0.2) is 0 Å². The molecule has 0 spiro atoms. The predicted molar refractivity (Wildman–Crippen MR) is 109 cm³/mol. The second kappa shape index (κ2) is 7.25. The highest BCUT2D eigenvalue weighted by Gasteiger charge is 2.19. The van der Waals surface area contributed by atoms with Crippen LogP contribution in [0, 0.1) is 0 Å². The lowest BCUT2D eigenvalue weighted by atomic mass is 9.87. The van der Waals surface area contributed by atoms with E-state index in [-0.39, 0.29) is 6.04 Å². The van der Waals surface area contributed by atoms with Gasteiger partial charge in [0.05, 0.1) is 6.42 Å². The normalized spacial score (nSPS) is 16.0. The van der Waals surface area contributed by atoms with Crippen LogP contribution in [-0.2, 0) is 19.9 Å². The van der Waals surface area contributed by atoms with E-state index in [1.54, 1.807) is 0 Å². The van der Waals surface area contributed by atoms with Gasteiger partial charge in [0.2, 0.25) is 0 Å². The maximum atomic E-state index is 6.22. The van der Waals surface area contributed by atoms with E-state index >= 15 is 0 Å². The summed E-state index contributed by atoms with van der Waals surface area (Å²) in [5.74, 6) is 2.71. The number of benzene rings is 2. The first-order valence-corrected chi connectivity index (χ1v) is 9.84. The molecule has 5 rings (SSSR count). The van der Waals surface area contributed by atoms with E-state index < -0.39 is 0 Å². The van der Waals surface area contributed by atoms with Crippen molar-refractivity contribution < 1.29 is 4.52 Å². The molecule has 7 nitrogen and oxygen atoms in total. The average Bonchev–Trinajstić information content (AvgIpc) is 3.36. The third kappa shape index (κ3) is 3.34. The highest BCUT2D eigenvalue weighted by atomic mass is 16.5. The molecule has 0 fully saturated rings. The SMILES string of the molecule is Cn1c(Cc2noc(-c3ccc4c(c3)CCCC4N)n2)nnc1-c1ccccc1. The average molecular weight is 386 g/mol. The summed E-state index contributed by atoms with van der Waals surface area (Å²) in [6.45, 7) is 0. The first kappa shape index (κ1) is 17.8. The van der Waals surface area contributed by atoms with Crippen molar-refractivity contribution in [3.8, 4) is 22.8 Å². The van der Waals surface area contributed by atoms with Gasteiger partial charge in [0.15, 0.2) is 11.6 Å². The fraction of sp³-hybridized carbons (Fsp3) is 0.273. The van der Waals surface area contributed by atoms with Crippen molar-refractivity contribution in [3.63, 3.8) is 0 Å². The quantitative estimate of drug-likeness (QED) is 0.577. The van der Waals surface area contributed by atoms with Crippen LogP contribution in [0.1, 0.15) is 41.7 Å². The molecule has 0 saturated carbocycles. The first-order chi connectivity index (χ1) is 14.2. The summed E-state index contributed by atoms with van der Waals surface area (Å²) in [7, 11) is 1.95. The van der Waals surface area contributed by atoms with Gasteiger partial charge in [0.25, 0.3) is 5.89 Å². The number of aromatic nitrogens is 5. The predicted octanol–water partition coefficient (Wildman–Crippen LogP) is 3.46. The lowest BCUT2D eigenvalue weighted by molar-refractivity contribution is 0.423. The summed E-state index contributed by atoms with van der Waals surface area (Å²) in [6, 6.07) is 16.3. The number of nitrogens with two attached hydrogens (primary N) is 1. The minimum atomic E-state index is 0.126. The summed E-state index contributed by atoms with van der Waals surface area (Å²) in [6.07, 6.45) is 3.65. The molecule has 1 aliphatic rings. The van der Waals surface area contributed by atoms with Gasteiger partial charge in [-0.05, 0) is 42.5 Å². The number of aryl methyl sites for hydroxylation is 1. The molecule has 1 aliphatic carbocycles. The molecule has 1 atom stereocenters. The van der Waals surface area contributed by atoms with Crippen LogP contribution >= 0.6 is 0 Å². The lowest BCUT2D eigenvalue weighted by Gasteiger charge is -2.22. The Kier molecular flexibility index (Phi) is 4.44. The molecule has 2 aromatic heterocycles. The molecule has 0 radical (unpaired) electrons. The van der Waals surface area contributed by atoms with E-state index in [1.165, 1.54) is 11.1 Å². The van der Waals surface area contributed by atoms with Crippen LogP contribution in [-0.4, -0.2) is 24.9 Å². The van der Waals surface area contributed by atoms with E-state index in [4.69, 9.17) is 10.3 Å². The molecule has 146 valence electrons. The molecular formula is C22H22N6O. The largest absolute Gasteiger partial charge is 0.334 e. The molecule has 29 heavy (non-hydrogen) atoms. The summed E-state index contributed by atoms with van der Waals surface area (Å²) < 4.78 is 7.49. The molecule has 0 amide bonds. The second-order valence-electron chi connectivity index (χ2n) is 7.47. The van der Waals surface area contributed by atoms with Crippen molar-refractivity contribution in [2.75, 3.05) is 0 Å². The molecule has 4 aromatic rings. The maximum Gasteiger partial charge on any atom is 0.257 e. The Morgan fingerprint density at radius 3 is 2.83 bits per heavy atom. The fourth-order valence-electron chi connectivity index (χ4n) is 3.92. The third-order valence-electron chi connectivity index (χ3n) is 5.53. The molecule has 2 aromatic carbocycles. The number of fused-ring (bicyclic) bond motifs is 1. The summed E-state index contributed by atoms with van der Waals surface area (Å²) in [4.78, 5) is 4.58. The lowest BCUT2D eigenvalue weighted by Crippen LogP contribution is -2.17. The Morgan fingerprint density at radius 2 is 1.97 bits per heavy atom. The van der Waals surface area contributed by atoms with Crippen LogP contribution < -0.4 is 5.73 Å². The number of hydrogen-bond acceptors (Lipinski definition) is 6. The van der Waals surface area contributed by atoms with E-state index in [0.717, 1.165) is 42.0 Å². The van der Waals surface area contributed by atoms with E-state index in [2.05, 4.69) is 32.5 Å². The van der Waals surface area contributed by atoms with Gasteiger partial charge in [0.1, 0.15) is 5.82 Å². The fourth-order valence-corrected chi connectivity index (χ4v) is 3.92. The summed E-state index contributed by atoms with van der Waals surface area (Å²) >= 11 is 0. The number of rotatable bonds is 4. The molecular weight excluding hydrogens is 364 g/mol. The Balaban J connectivity index is 1.38. The van der Waals surface area contributed by atoms with Crippen LogP contribution in [0.25, 0.3) is 22.8 Å². The van der Waals surface area contributed by atoms with Gasteiger partial charge in [0, 0.05) is 24.2 Å². The van der Waals surface area contributed by atoms with Crippen molar-refractivity contribution in [3.05, 3.63) is 71.3 Å². The monoisotopic (exact) mass is 386 g/mol. The molecule has 2 heterocycles. The molecule has 0 bridgehead atoms. The minimum absolute atomic E-state index is 0.126. The number of hydrogen-bond donors (Lipinski definition) is 1. The van der Waals surface area contributed by atoms with Crippen LogP contribution in [0.4, 0.5) is 0 Å². The Morgan fingerprint density at radius 1 is 1.10 bits per heavy atom. The Labute approximate surface area is 168 Å². The highest BCUT2D eigenvalue weighted by Crippen LogP contribution is 2.31. The Bertz CT molecular complexity index is 1150. The van der Waals surface area contributed by atoms with Gasteiger partial charge in [-0.15, -0.1) is 10.2 Å². The second-order valence-corrected chi connectivity index (χ2v) is 7.47. The van der Waals surface area contributed by atoms with Gasteiger partial charge in [-0.1, -0.05) is 41.6 Å². The molecule has 0 saturated heterocycles. The molecule has 2 N–H and O–H groups in total. The van der Waals surface area contributed by atoms with Gasteiger partial charge in [-0.2, -0.15) is 4.98 Å². The topological polar surface area (TPSA) is 95.7 Å². The van der Waals surface area contributed by atoms with Gasteiger partial charge in [-0.3, -0.25) is 0 Å². The van der Waals surface area contributed by atoms with Crippen LogP contribution in [0.3, 0.4) is 0 Å². The van der Waals surface area contributed by atoms with Crippen molar-refractivity contribution in [2.45, 2.75) is 31.7 Å². The standard InChI is InChI=1S/C22H22N6O/c1-28-20(25-26-21(28)14-6-3-2-4-7-14)13-19-24-22(29-27-19)16-10-11-17-15(12-16)8-5-9-18(17)23/h2-4,6-7,10-12,18H,5,8-9,13,23H2,1H3. The van der Waals surface area contributed by atoms with Crippen LogP contribution in [0.5, 0.6) is 0 Å². The zero-order chi connectivity index (χ0) is 19.8. The smallest absolute Gasteiger partial charge is 0.257 e. The van der Waals surface area contributed by atoms with Crippen LogP contribution in [0.2, 0.25) is 0 Å². The van der Waals surface area contributed by atoms with E-state index in [9.17, 15) is 0 Å². The highest BCUT2D eigenvalue weighted by molar-refractivity contribution is 5.57. The van der Waals surface area contributed by atoms with E-state index in [0.29, 0.717) is 18.1 Å². The Hall–Kier alpha value is -3.32. The maximum absolute atomic E-state index is 6.22. The molecule has 1 unspecified atom stereocenters. The number of nitrogens with zero attached hydrogens (tertiary/aromatic N) is 5. The third-order valence-corrected chi connectivity index (χ3v) is 5.53. The molecule has 7 heteroatoms. The van der Waals surface area contributed by atoms with Gasteiger partial charge < -0.3 is 14.8 Å². The van der Waals surface area contributed by atoms with E-state index in [1.807, 2.05) is 48.0 Å². The minimum Gasteiger partial charge on any atom is -0.334 e. The van der Waals surface area contributed by atoms with Crippen molar-refractivity contribution in [1.82, 2.24) is 24.9 Å². The molecule has 0 aliphatic heterocycles. The summed E-state index contributed by atoms with van der Waals surface area (Å²) in [5.41, 5.74) is 10.7. The van der Waals surface area contributed by atoms with Crippen molar-refractivity contribution in [2.24, 2.45) is 12.8 Å². The van der Waals surface area contributed by atoms with Crippen LogP contribution in [0.15, 0.2) is 53.1 Å². The van der Waals surface area contributed by atoms with Crippen molar-refractivity contribution in [1.29, 1.82) is 0 Å². The first-order valence-electron chi connectivity index (χ1n) is 9.84. The van der Waals surface area contributed by atoms with Crippen molar-refractivity contribution >= 4 is 0 Å². The van der Waals surface area contributed by atoms with Gasteiger partial charge >= 0.3 is 0 Å².